The maximum Gasteiger partial charge on any atom is 0.212 e. The van der Waals surface area contributed by atoms with Gasteiger partial charge in [-0.3, -0.25) is 4.98 Å². The van der Waals surface area contributed by atoms with Crippen LogP contribution in [0.15, 0.2) is 36.7 Å². The number of nitrogens with two attached hydrogens (primary N) is 1. The first kappa shape index (κ1) is 9.73. The van der Waals surface area contributed by atoms with Gasteiger partial charge in [0.25, 0.3) is 0 Å². The number of hydrogen-bond donors (Lipinski definition) is 1. The van der Waals surface area contributed by atoms with Gasteiger partial charge in [-0.2, -0.15) is 4.39 Å². The second kappa shape index (κ2) is 4.14. The van der Waals surface area contributed by atoms with Gasteiger partial charge in [0, 0.05) is 24.5 Å². The smallest absolute Gasteiger partial charge is 0.212 e. The van der Waals surface area contributed by atoms with E-state index >= 15 is 0 Å². The molecule has 76 valence electrons. The van der Waals surface area contributed by atoms with Crippen LogP contribution in [0.3, 0.4) is 0 Å². The summed E-state index contributed by atoms with van der Waals surface area (Å²) in [5, 5.41) is 0. The monoisotopic (exact) mass is 203 g/mol. The van der Waals surface area contributed by atoms with Gasteiger partial charge in [0.1, 0.15) is 0 Å². The predicted molar refractivity (Wildman–Crippen MR) is 55.3 cm³/mol. The highest BCUT2D eigenvalue weighted by Gasteiger charge is 2.04. The number of rotatable bonds is 2. The lowest BCUT2D eigenvalue weighted by Gasteiger charge is -2.05. The molecule has 0 aliphatic carbocycles. The third-order valence-electron chi connectivity index (χ3n) is 2.11. The summed E-state index contributed by atoms with van der Waals surface area (Å²) in [6, 6.07) is 6.67. The van der Waals surface area contributed by atoms with Crippen LogP contribution >= 0.6 is 0 Å². The van der Waals surface area contributed by atoms with Crippen molar-refractivity contribution in [3.05, 3.63) is 48.2 Å². The summed E-state index contributed by atoms with van der Waals surface area (Å²) in [5.41, 5.74) is 8.04. The number of nitrogens with zero attached hydrogens (tertiary/aromatic N) is 2. The fraction of sp³-hybridized carbons (Fsp3) is 0.0909. The summed E-state index contributed by atoms with van der Waals surface area (Å²) in [6.07, 6.45) is 3.13. The second-order valence-corrected chi connectivity index (χ2v) is 3.08. The number of hydrogen-bond acceptors (Lipinski definition) is 3. The summed E-state index contributed by atoms with van der Waals surface area (Å²) in [4.78, 5) is 7.79. The van der Waals surface area contributed by atoms with Crippen molar-refractivity contribution in [1.29, 1.82) is 0 Å². The van der Waals surface area contributed by atoms with Gasteiger partial charge >= 0.3 is 0 Å². The van der Waals surface area contributed by atoms with Crippen LogP contribution < -0.4 is 5.73 Å². The van der Waals surface area contributed by atoms with Crippen LogP contribution in [0.4, 0.5) is 4.39 Å². The van der Waals surface area contributed by atoms with Gasteiger partial charge in [-0.05, 0) is 23.8 Å². The Morgan fingerprint density at radius 1 is 1.20 bits per heavy atom. The average molecular weight is 203 g/mol. The normalized spacial score (nSPS) is 10.3. The third kappa shape index (κ3) is 1.99. The van der Waals surface area contributed by atoms with E-state index in [1.165, 1.54) is 12.3 Å². The van der Waals surface area contributed by atoms with E-state index in [-0.39, 0.29) is 0 Å². The molecular weight excluding hydrogens is 193 g/mol. The highest BCUT2D eigenvalue weighted by atomic mass is 19.1. The highest BCUT2D eigenvalue weighted by molar-refractivity contribution is 5.61. The average Bonchev–Trinajstić information content (AvgIpc) is 2.30. The molecule has 0 amide bonds. The molecule has 15 heavy (non-hydrogen) atoms. The molecule has 2 aromatic rings. The second-order valence-electron chi connectivity index (χ2n) is 3.08. The number of pyridine rings is 2. The molecule has 2 aromatic heterocycles. The first-order valence-electron chi connectivity index (χ1n) is 4.57. The zero-order chi connectivity index (χ0) is 10.7. The summed E-state index contributed by atoms with van der Waals surface area (Å²) >= 11 is 0. The fourth-order valence-electron chi connectivity index (χ4n) is 1.38. The van der Waals surface area contributed by atoms with Gasteiger partial charge in [0.2, 0.25) is 5.95 Å². The zero-order valence-corrected chi connectivity index (χ0v) is 8.02. The molecule has 0 aliphatic heterocycles. The molecule has 0 aliphatic rings. The minimum absolute atomic E-state index is 0.403. The molecule has 0 aromatic carbocycles. The first-order chi connectivity index (χ1) is 7.31. The van der Waals surface area contributed by atoms with Crippen molar-refractivity contribution < 1.29 is 4.39 Å². The van der Waals surface area contributed by atoms with Gasteiger partial charge in [-0.1, -0.05) is 6.07 Å². The van der Waals surface area contributed by atoms with Crippen LogP contribution in [0.1, 0.15) is 5.56 Å². The molecule has 0 atom stereocenters. The van der Waals surface area contributed by atoms with Crippen LogP contribution in [0.2, 0.25) is 0 Å². The van der Waals surface area contributed by atoms with Crippen LogP contribution in [0.25, 0.3) is 11.3 Å². The molecule has 0 saturated heterocycles. The number of aromatic nitrogens is 2. The van der Waals surface area contributed by atoms with Crippen molar-refractivity contribution in [2.45, 2.75) is 6.54 Å². The lowest BCUT2D eigenvalue weighted by Crippen LogP contribution is -2.00. The maximum atomic E-state index is 12.6. The van der Waals surface area contributed by atoms with Crippen LogP contribution in [-0.4, -0.2) is 9.97 Å². The molecule has 0 radical (unpaired) electrons. The van der Waals surface area contributed by atoms with Gasteiger partial charge in [-0.25, -0.2) is 4.98 Å². The molecule has 0 saturated carbocycles. The number of halogens is 1. The van der Waals surface area contributed by atoms with E-state index in [1.54, 1.807) is 12.3 Å². The maximum absolute atomic E-state index is 12.6. The largest absolute Gasteiger partial charge is 0.326 e. The molecule has 4 heteroatoms. The molecule has 2 rings (SSSR count). The van der Waals surface area contributed by atoms with Gasteiger partial charge in [-0.15, -0.1) is 0 Å². The first-order valence-corrected chi connectivity index (χ1v) is 4.57. The van der Waals surface area contributed by atoms with Crippen molar-refractivity contribution in [2.24, 2.45) is 5.73 Å². The van der Waals surface area contributed by atoms with Crippen LogP contribution in [0, 0.1) is 5.95 Å². The SMILES string of the molecule is NCc1cccnc1-c1ccc(F)nc1. The third-order valence-corrected chi connectivity index (χ3v) is 2.11. The van der Waals surface area contributed by atoms with E-state index in [9.17, 15) is 4.39 Å². The van der Waals surface area contributed by atoms with Crippen molar-refractivity contribution in [3.63, 3.8) is 0 Å². The quantitative estimate of drug-likeness (QED) is 0.756. The summed E-state index contributed by atoms with van der Waals surface area (Å²) in [5.74, 6) is -0.496. The molecular formula is C11H10FN3. The lowest BCUT2D eigenvalue weighted by molar-refractivity contribution is 0.584. The lowest BCUT2D eigenvalue weighted by atomic mass is 10.1. The van der Waals surface area contributed by atoms with Crippen molar-refractivity contribution >= 4 is 0 Å². The molecule has 2 heterocycles. The summed E-state index contributed by atoms with van der Waals surface area (Å²) < 4.78 is 12.6. The standard InChI is InChI=1S/C11H10FN3/c12-10-4-3-9(7-15-10)11-8(6-13)2-1-5-14-11/h1-5,7H,6,13H2. The van der Waals surface area contributed by atoms with Gasteiger partial charge < -0.3 is 5.73 Å². The van der Waals surface area contributed by atoms with Gasteiger partial charge in [0.15, 0.2) is 0 Å². The van der Waals surface area contributed by atoms with Crippen LogP contribution in [-0.2, 0) is 6.54 Å². The molecule has 2 N–H and O–H groups in total. The highest BCUT2D eigenvalue weighted by Crippen LogP contribution is 2.19. The van der Waals surface area contributed by atoms with Gasteiger partial charge in [0.05, 0.1) is 5.69 Å². The Morgan fingerprint density at radius 2 is 2.07 bits per heavy atom. The Balaban J connectivity index is 2.49. The van der Waals surface area contributed by atoms with Crippen molar-refractivity contribution in [3.8, 4) is 11.3 Å². The zero-order valence-electron chi connectivity index (χ0n) is 8.02. The Hall–Kier alpha value is -1.81. The minimum Gasteiger partial charge on any atom is -0.326 e. The molecule has 0 fully saturated rings. The summed E-state index contributed by atoms with van der Waals surface area (Å²) in [6.45, 7) is 0.403. The summed E-state index contributed by atoms with van der Waals surface area (Å²) in [7, 11) is 0. The Morgan fingerprint density at radius 3 is 2.73 bits per heavy atom. The van der Waals surface area contributed by atoms with E-state index in [1.807, 2.05) is 12.1 Å². The van der Waals surface area contributed by atoms with Crippen LogP contribution in [0.5, 0.6) is 0 Å². The van der Waals surface area contributed by atoms with E-state index in [0.717, 1.165) is 16.8 Å². The van der Waals surface area contributed by atoms with Crippen molar-refractivity contribution in [1.82, 2.24) is 9.97 Å². The molecule has 0 spiro atoms. The topological polar surface area (TPSA) is 51.8 Å². The van der Waals surface area contributed by atoms with E-state index in [4.69, 9.17) is 5.73 Å². The van der Waals surface area contributed by atoms with E-state index in [2.05, 4.69) is 9.97 Å². The Bertz CT molecular complexity index is 454. The van der Waals surface area contributed by atoms with E-state index < -0.39 is 5.95 Å². The van der Waals surface area contributed by atoms with Crippen molar-refractivity contribution in [2.75, 3.05) is 0 Å². The molecule has 0 bridgehead atoms. The molecule has 0 unspecified atom stereocenters. The minimum atomic E-state index is -0.496. The Kier molecular flexibility index (Phi) is 2.69. The fourth-order valence-corrected chi connectivity index (χ4v) is 1.38. The predicted octanol–water partition coefficient (Wildman–Crippen LogP) is 1.74. The molecule has 3 nitrogen and oxygen atoms in total. The Labute approximate surface area is 86.8 Å². The van der Waals surface area contributed by atoms with E-state index in [0.29, 0.717) is 6.54 Å².